The summed E-state index contributed by atoms with van der Waals surface area (Å²) in [5, 5.41) is 5.10. The van der Waals surface area contributed by atoms with Crippen LogP contribution >= 0.6 is 15.9 Å². The topological polar surface area (TPSA) is 67.4 Å². The third-order valence-electron chi connectivity index (χ3n) is 2.92. The second-order valence-electron chi connectivity index (χ2n) is 4.49. The summed E-state index contributed by atoms with van der Waals surface area (Å²) in [6, 6.07) is 14.2. The first-order chi connectivity index (χ1) is 10.6. The minimum Gasteiger partial charge on any atom is -0.497 e. The van der Waals surface area contributed by atoms with Crippen molar-refractivity contribution in [1.82, 2.24) is 5.32 Å². The minimum atomic E-state index is -0.698. The summed E-state index contributed by atoms with van der Waals surface area (Å²) in [7, 11) is 1.59. The fourth-order valence-electron chi connectivity index (χ4n) is 1.73. The molecule has 0 atom stereocenters. The Morgan fingerprint density at radius 1 is 1.00 bits per heavy atom. The van der Waals surface area contributed by atoms with Crippen molar-refractivity contribution in [2.24, 2.45) is 0 Å². The van der Waals surface area contributed by atoms with Crippen LogP contribution in [0.2, 0.25) is 0 Å². The highest BCUT2D eigenvalue weighted by atomic mass is 79.9. The molecule has 0 unspecified atom stereocenters. The molecule has 2 N–H and O–H groups in total. The molecule has 5 nitrogen and oxygen atoms in total. The number of anilines is 1. The predicted molar refractivity (Wildman–Crippen MR) is 87.6 cm³/mol. The van der Waals surface area contributed by atoms with Crippen molar-refractivity contribution in [3.8, 4) is 5.75 Å². The Balaban J connectivity index is 1.85. The number of halogens is 1. The summed E-state index contributed by atoms with van der Waals surface area (Å²) >= 11 is 3.30. The van der Waals surface area contributed by atoms with Gasteiger partial charge in [-0.1, -0.05) is 28.1 Å². The molecule has 0 spiro atoms. The summed E-state index contributed by atoms with van der Waals surface area (Å²) < 4.78 is 5.95. The fraction of sp³-hybridized carbons (Fsp3) is 0.125. The highest BCUT2D eigenvalue weighted by molar-refractivity contribution is 9.10. The van der Waals surface area contributed by atoms with Crippen molar-refractivity contribution in [3.05, 3.63) is 58.6 Å². The van der Waals surface area contributed by atoms with Gasteiger partial charge >= 0.3 is 11.8 Å². The summed E-state index contributed by atoms with van der Waals surface area (Å²) in [6.45, 7) is 0.274. The number of hydrogen-bond acceptors (Lipinski definition) is 3. The number of ether oxygens (including phenoxy) is 1. The van der Waals surface area contributed by atoms with E-state index >= 15 is 0 Å². The van der Waals surface area contributed by atoms with Gasteiger partial charge in [0.2, 0.25) is 0 Å². The molecule has 0 aliphatic heterocycles. The van der Waals surface area contributed by atoms with Crippen molar-refractivity contribution in [1.29, 1.82) is 0 Å². The molecule has 0 bridgehead atoms. The molecule has 114 valence electrons. The highest BCUT2D eigenvalue weighted by Crippen LogP contribution is 2.14. The van der Waals surface area contributed by atoms with Gasteiger partial charge in [-0.2, -0.15) is 0 Å². The standard InChI is InChI=1S/C16H15BrN2O3/c1-22-14-8-2-11(3-9-14)10-18-15(20)16(21)19-13-6-4-12(17)5-7-13/h2-9H,10H2,1H3,(H,18,20)(H,19,21). The van der Waals surface area contributed by atoms with Gasteiger partial charge in [-0.05, 0) is 42.0 Å². The van der Waals surface area contributed by atoms with Crippen LogP contribution in [0.3, 0.4) is 0 Å². The second kappa shape index (κ2) is 7.61. The van der Waals surface area contributed by atoms with Gasteiger partial charge in [0.05, 0.1) is 7.11 Å². The van der Waals surface area contributed by atoms with Gasteiger partial charge in [0, 0.05) is 16.7 Å². The Labute approximate surface area is 136 Å². The normalized spacial score (nSPS) is 9.91. The summed E-state index contributed by atoms with van der Waals surface area (Å²) in [5.74, 6) is -0.641. The van der Waals surface area contributed by atoms with Gasteiger partial charge in [-0.25, -0.2) is 0 Å². The first-order valence-electron chi connectivity index (χ1n) is 6.56. The first kappa shape index (κ1) is 16.0. The van der Waals surface area contributed by atoms with E-state index in [4.69, 9.17) is 4.74 Å². The average Bonchev–Trinajstić information content (AvgIpc) is 2.55. The summed E-state index contributed by atoms with van der Waals surface area (Å²) in [4.78, 5) is 23.5. The van der Waals surface area contributed by atoms with Crippen LogP contribution in [0.5, 0.6) is 5.75 Å². The van der Waals surface area contributed by atoms with Crippen LogP contribution in [0.1, 0.15) is 5.56 Å². The third kappa shape index (κ3) is 4.60. The number of amides is 2. The first-order valence-corrected chi connectivity index (χ1v) is 7.35. The lowest BCUT2D eigenvalue weighted by Gasteiger charge is -2.07. The number of nitrogens with one attached hydrogen (secondary N) is 2. The van der Waals surface area contributed by atoms with Crippen molar-refractivity contribution in [2.45, 2.75) is 6.54 Å². The van der Waals surface area contributed by atoms with Gasteiger partial charge in [0.15, 0.2) is 0 Å². The van der Waals surface area contributed by atoms with Crippen molar-refractivity contribution in [2.75, 3.05) is 12.4 Å². The molecule has 2 aromatic rings. The van der Waals surface area contributed by atoms with Crippen LogP contribution < -0.4 is 15.4 Å². The quantitative estimate of drug-likeness (QED) is 0.821. The lowest BCUT2D eigenvalue weighted by molar-refractivity contribution is -0.136. The molecular weight excluding hydrogens is 348 g/mol. The maximum atomic E-state index is 11.8. The number of hydrogen-bond donors (Lipinski definition) is 2. The van der Waals surface area contributed by atoms with Crippen molar-refractivity contribution >= 4 is 33.4 Å². The van der Waals surface area contributed by atoms with Gasteiger partial charge in [-0.15, -0.1) is 0 Å². The summed E-state index contributed by atoms with van der Waals surface area (Å²) in [5.41, 5.74) is 1.44. The zero-order valence-corrected chi connectivity index (χ0v) is 13.5. The molecule has 0 saturated carbocycles. The zero-order valence-electron chi connectivity index (χ0n) is 11.9. The van der Waals surface area contributed by atoms with Crippen LogP contribution in [-0.4, -0.2) is 18.9 Å². The average molecular weight is 363 g/mol. The third-order valence-corrected chi connectivity index (χ3v) is 3.45. The van der Waals surface area contributed by atoms with E-state index in [-0.39, 0.29) is 6.54 Å². The molecule has 2 rings (SSSR count). The number of carbonyl (C=O) groups is 2. The highest BCUT2D eigenvalue weighted by Gasteiger charge is 2.13. The van der Waals surface area contributed by atoms with Crippen molar-refractivity contribution < 1.29 is 14.3 Å². The molecule has 0 aromatic heterocycles. The molecule has 2 amide bonds. The lowest BCUT2D eigenvalue weighted by Crippen LogP contribution is -2.34. The van der Waals surface area contributed by atoms with Gasteiger partial charge in [0.25, 0.3) is 0 Å². The summed E-state index contributed by atoms with van der Waals surface area (Å²) in [6.07, 6.45) is 0. The molecular formula is C16H15BrN2O3. The van der Waals surface area contributed by atoms with Crippen LogP contribution in [0.15, 0.2) is 53.0 Å². The van der Waals surface area contributed by atoms with E-state index in [1.165, 1.54) is 0 Å². The number of benzene rings is 2. The Hall–Kier alpha value is -2.34. The van der Waals surface area contributed by atoms with Crippen molar-refractivity contribution in [3.63, 3.8) is 0 Å². The van der Waals surface area contributed by atoms with Crippen LogP contribution in [0.25, 0.3) is 0 Å². The van der Waals surface area contributed by atoms with Gasteiger partial charge in [-0.3, -0.25) is 9.59 Å². The molecule has 0 heterocycles. The molecule has 0 radical (unpaired) electrons. The predicted octanol–water partition coefficient (Wildman–Crippen LogP) is 2.71. The monoisotopic (exact) mass is 362 g/mol. The zero-order chi connectivity index (χ0) is 15.9. The molecule has 6 heteroatoms. The number of methoxy groups -OCH3 is 1. The van der Waals surface area contributed by atoms with E-state index in [1.54, 1.807) is 43.5 Å². The van der Waals surface area contributed by atoms with E-state index in [0.29, 0.717) is 5.69 Å². The van der Waals surface area contributed by atoms with E-state index in [9.17, 15) is 9.59 Å². The smallest absolute Gasteiger partial charge is 0.313 e. The van der Waals surface area contributed by atoms with E-state index in [0.717, 1.165) is 15.8 Å². The maximum absolute atomic E-state index is 11.8. The Kier molecular flexibility index (Phi) is 5.55. The van der Waals surface area contributed by atoms with Crippen LogP contribution in [-0.2, 0) is 16.1 Å². The molecule has 0 aliphatic carbocycles. The van der Waals surface area contributed by atoms with Crippen LogP contribution in [0, 0.1) is 0 Å². The molecule has 0 fully saturated rings. The van der Waals surface area contributed by atoms with E-state index in [2.05, 4.69) is 26.6 Å². The van der Waals surface area contributed by atoms with Gasteiger partial charge < -0.3 is 15.4 Å². The van der Waals surface area contributed by atoms with E-state index in [1.807, 2.05) is 12.1 Å². The Morgan fingerprint density at radius 3 is 2.23 bits per heavy atom. The minimum absolute atomic E-state index is 0.274. The SMILES string of the molecule is COc1ccc(CNC(=O)C(=O)Nc2ccc(Br)cc2)cc1. The maximum Gasteiger partial charge on any atom is 0.313 e. The van der Waals surface area contributed by atoms with E-state index < -0.39 is 11.8 Å². The number of rotatable bonds is 4. The van der Waals surface area contributed by atoms with Crippen LogP contribution in [0.4, 0.5) is 5.69 Å². The lowest BCUT2D eigenvalue weighted by atomic mass is 10.2. The second-order valence-corrected chi connectivity index (χ2v) is 5.41. The largest absolute Gasteiger partial charge is 0.497 e. The Bertz CT molecular complexity index is 654. The molecule has 0 aliphatic rings. The molecule has 2 aromatic carbocycles. The number of carbonyl (C=O) groups excluding carboxylic acids is 2. The molecule has 22 heavy (non-hydrogen) atoms. The van der Waals surface area contributed by atoms with Gasteiger partial charge in [0.1, 0.15) is 5.75 Å². The Morgan fingerprint density at radius 2 is 1.64 bits per heavy atom. The molecule has 0 saturated heterocycles. The fourth-order valence-corrected chi connectivity index (χ4v) is 1.99.